The number of rotatable bonds is 12. The molecule has 11 nitrogen and oxygen atoms in total. The number of anilines is 2. The van der Waals surface area contributed by atoms with Crippen LogP contribution in [0.2, 0.25) is 0 Å². The van der Waals surface area contributed by atoms with E-state index in [2.05, 4.69) is 35.4 Å². The Bertz CT molecular complexity index is 1580. The van der Waals surface area contributed by atoms with Crippen LogP contribution in [-0.2, 0) is 6.42 Å². The third kappa shape index (κ3) is 5.86. The zero-order chi connectivity index (χ0) is 29.1. The van der Waals surface area contributed by atoms with E-state index < -0.39 is 18.2 Å². The molecule has 13 heteroatoms. The normalized spacial score (nSPS) is 20.5. The van der Waals surface area contributed by atoms with Crippen molar-refractivity contribution >= 4 is 33.9 Å². The minimum atomic E-state index is -0.981. The third-order valence-electron chi connectivity index (χ3n) is 8.02. The summed E-state index contributed by atoms with van der Waals surface area (Å²) >= 11 is 1.49. The highest BCUT2D eigenvalue weighted by Crippen LogP contribution is 2.42. The van der Waals surface area contributed by atoms with Crippen molar-refractivity contribution < 1.29 is 14.6 Å². The van der Waals surface area contributed by atoms with Crippen LogP contribution in [0, 0.1) is 11.7 Å². The maximum atomic E-state index is 13.1. The molecular formula is C29H34FN9O2S. The lowest BCUT2D eigenvalue weighted by atomic mass is 10.0. The van der Waals surface area contributed by atoms with Gasteiger partial charge in [-0.3, -0.25) is 5.10 Å². The number of aliphatic hydroxyl groups excluding tert-OH is 2. The molecule has 6 rings (SSSR count). The van der Waals surface area contributed by atoms with Gasteiger partial charge in [-0.05, 0) is 50.0 Å². The van der Waals surface area contributed by atoms with E-state index in [4.69, 9.17) is 5.73 Å². The Morgan fingerprint density at radius 1 is 1.14 bits per heavy atom. The summed E-state index contributed by atoms with van der Waals surface area (Å²) in [5, 5.41) is 36.3. The van der Waals surface area contributed by atoms with Crippen LogP contribution in [0.3, 0.4) is 0 Å². The summed E-state index contributed by atoms with van der Waals surface area (Å²) in [6.07, 6.45) is 9.05. The number of benzene rings is 1. The summed E-state index contributed by atoms with van der Waals surface area (Å²) < 4.78 is 15.0. The second kappa shape index (κ2) is 12.5. The van der Waals surface area contributed by atoms with E-state index in [-0.39, 0.29) is 11.7 Å². The first-order valence-corrected chi connectivity index (χ1v) is 14.9. The minimum absolute atomic E-state index is 0.189. The van der Waals surface area contributed by atoms with E-state index in [1.165, 1.54) is 29.8 Å². The molecule has 1 aliphatic rings. The first-order chi connectivity index (χ1) is 20.5. The Hall–Kier alpha value is -3.91. The van der Waals surface area contributed by atoms with Crippen molar-refractivity contribution in [2.45, 2.75) is 37.5 Å². The van der Waals surface area contributed by atoms with Crippen LogP contribution in [0.15, 0.2) is 60.8 Å². The molecule has 220 valence electrons. The van der Waals surface area contributed by atoms with Gasteiger partial charge < -0.3 is 30.7 Å². The Morgan fingerprint density at radius 2 is 2.00 bits per heavy atom. The highest BCUT2D eigenvalue weighted by atomic mass is 32.1. The summed E-state index contributed by atoms with van der Waals surface area (Å²) in [6.45, 7) is 2.91. The number of nitrogens with one attached hydrogen (secondary N) is 2. The van der Waals surface area contributed by atoms with Gasteiger partial charge in [-0.1, -0.05) is 12.1 Å². The predicted molar refractivity (Wildman–Crippen MR) is 161 cm³/mol. The van der Waals surface area contributed by atoms with Gasteiger partial charge in [0.15, 0.2) is 0 Å². The number of fused-ring (bicyclic) bond motifs is 1. The Labute approximate surface area is 246 Å². The second-order valence-corrected chi connectivity index (χ2v) is 11.6. The molecule has 0 radical (unpaired) electrons. The first-order valence-electron chi connectivity index (χ1n) is 14.1. The summed E-state index contributed by atoms with van der Waals surface area (Å²) in [5.74, 6) is -0.0599. The Kier molecular flexibility index (Phi) is 8.42. The number of H-pyrrole nitrogens is 1. The van der Waals surface area contributed by atoms with E-state index >= 15 is 0 Å². The number of aromatic nitrogens is 6. The molecule has 0 spiro atoms. The Balaban J connectivity index is 1.12. The molecule has 0 unspecified atom stereocenters. The lowest BCUT2D eigenvalue weighted by Crippen LogP contribution is -2.37. The molecular weight excluding hydrogens is 557 g/mol. The zero-order valence-electron chi connectivity index (χ0n) is 23.0. The van der Waals surface area contributed by atoms with Gasteiger partial charge in [0.05, 0.1) is 29.4 Å². The fraction of sp³-hybridized carbons (Fsp3) is 0.379. The highest BCUT2D eigenvalue weighted by molar-refractivity contribution is 7.13. The average molecular weight is 592 g/mol. The molecule has 0 aliphatic heterocycles. The fourth-order valence-corrected chi connectivity index (χ4v) is 6.52. The van der Waals surface area contributed by atoms with Crippen LogP contribution in [0.4, 0.5) is 15.9 Å². The molecule has 4 aromatic heterocycles. The monoisotopic (exact) mass is 591 g/mol. The highest BCUT2D eigenvalue weighted by Gasteiger charge is 2.44. The molecule has 0 saturated heterocycles. The lowest BCUT2D eigenvalue weighted by molar-refractivity contribution is 0.00793. The SMILES string of the molecule is Nc1ncnc2c1c(-c1nccs1)cn2[C@@H]1C[C@H](CN(CCCNCCc2ccc(F)cc2)c2cn[nH]c2)[C@@H](O)[C@H]1O. The lowest BCUT2D eigenvalue weighted by Gasteiger charge is -2.28. The number of nitrogens with two attached hydrogens (primary N) is 1. The van der Waals surface area contributed by atoms with E-state index in [1.54, 1.807) is 12.4 Å². The molecule has 4 heterocycles. The van der Waals surface area contributed by atoms with Gasteiger partial charge in [0.25, 0.3) is 0 Å². The van der Waals surface area contributed by atoms with Gasteiger partial charge in [0, 0.05) is 48.5 Å². The molecule has 5 aromatic rings. The van der Waals surface area contributed by atoms with E-state index in [0.717, 1.165) is 54.3 Å². The largest absolute Gasteiger partial charge is 0.390 e. The number of hydrogen-bond acceptors (Lipinski definition) is 10. The zero-order valence-corrected chi connectivity index (χ0v) is 23.8. The molecule has 4 atom stereocenters. The number of thiazole rings is 1. The molecule has 0 bridgehead atoms. The van der Waals surface area contributed by atoms with Gasteiger partial charge in [-0.25, -0.2) is 19.3 Å². The van der Waals surface area contributed by atoms with Crippen LogP contribution in [0.25, 0.3) is 21.6 Å². The van der Waals surface area contributed by atoms with Gasteiger partial charge in [-0.2, -0.15) is 5.10 Å². The maximum Gasteiger partial charge on any atom is 0.146 e. The Morgan fingerprint density at radius 3 is 2.76 bits per heavy atom. The van der Waals surface area contributed by atoms with Gasteiger partial charge in [0.2, 0.25) is 0 Å². The summed E-state index contributed by atoms with van der Waals surface area (Å²) in [6, 6.07) is 6.20. The number of aliphatic hydroxyl groups is 2. The molecule has 6 N–H and O–H groups in total. The number of aromatic amines is 1. The second-order valence-electron chi connectivity index (χ2n) is 10.7. The van der Waals surface area contributed by atoms with Crippen LogP contribution < -0.4 is 16.0 Å². The molecule has 42 heavy (non-hydrogen) atoms. The molecule has 1 aromatic carbocycles. The fourth-order valence-electron chi connectivity index (χ4n) is 5.87. The van der Waals surface area contributed by atoms with Gasteiger partial charge in [-0.15, -0.1) is 11.3 Å². The number of hydrogen-bond donors (Lipinski definition) is 5. The number of nitrogen functional groups attached to an aromatic ring is 1. The summed E-state index contributed by atoms with van der Waals surface area (Å²) in [7, 11) is 0. The van der Waals surface area contributed by atoms with Crippen molar-refractivity contribution in [1.29, 1.82) is 0 Å². The topological polar surface area (TPSA) is 154 Å². The minimum Gasteiger partial charge on any atom is -0.390 e. The van der Waals surface area contributed by atoms with E-state index in [1.807, 2.05) is 34.5 Å². The summed E-state index contributed by atoms with van der Waals surface area (Å²) in [4.78, 5) is 15.3. The first kappa shape index (κ1) is 28.2. The molecule has 0 amide bonds. The molecule has 1 fully saturated rings. The standard InChI is InChI=1S/C29H34FN9O2S/c30-20-4-2-18(3-5-20)6-8-32-7-1-10-38(21-13-36-37-14-21)15-19-12-23(26(41)25(19)40)39-16-22(29-33-9-11-42-29)24-27(31)34-17-35-28(24)39/h2-5,9,11,13-14,16-17,19,23,25-26,32,40-41H,1,6-8,10,12,15H2,(H,36,37)(H2,31,34,35)/t19-,23-,25-,26+/m1/s1. The van der Waals surface area contributed by atoms with E-state index in [9.17, 15) is 14.6 Å². The van der Waals surface area contributed by atoms with Crippen molar-refractivity contribution in [1.82, 2.24) is 35.0 Å². The van der Waals surface area contributed by atoms with Gasteiger partial charge >= 0.3 is 0 Å². The number of halogens is 1. The average Bonchev–Trinajstić information content (AvgIpc) is 3.80. The van der Waals surface area contributed by atoms with Crippen molar-refractivity contribution in [3.8, 4) is 10.6 Å². The van der Waals surface area contributed by atoms with Gasteiger partial charge in [0.1, 0.15) is 34.7 Å². The maximum absolute atomic E-state index is 13.1. The van der Waals surface area contributed by atoms with Crippen LogP contribution in [0.5, 0.6) is 0 Å². The van der Waals surface area contributed by atoms with Crippen molar-refractivity contribution in [3.63, 3.8) is 0 Å². The van der Waals surface area contributed by atoms with Crippen molar-refractivity contribution in [3.05, 3.63) is 72.1 Å². The predicted octanol–water partition coefficient (Wildman–Crippen LogP) is 3.01. The van der Waals surface area contributed by atoms with E-state index in [0.29, 0.717) is 29.8 Å². The van der Waals surface area contributed by atoms with Crippen LogP contribution in [-0.4, -0.2) is 78.3 Å². The smallest absolute Gasteiger partial charge is 0.146 e. The third-order valence-corrected chi connectivity index (χ3v) is 8.83. The van der Waals surface area contributed by atoms with Crippen molar-refractivity contribution in [2.24, 2.45) is 5.92 Å². The molecule has 1 saturated carbocycles. The number of nitrogens with zero attached hydrogens (tertiary/aromatic N) is 6. The quantitative estimate of drug-likeness (QED) is 0.138. The van der Waals surface area contributed by atoms with Crippen LogP contribution >= 0.6 is 11.3 Å². The van der Waals surface area contributed by atoms with Crippen LogP contribution in [0.1, 0.15) is 24.4 Å². The molecule has 1 aliphatic carbocycles. The van der Waals surface area contributed by atoms with Crippen molar-refractivity contribution in [2.75, 3.05) is 36.8 Å². The summed E-state index contributed by atoms with van der Waals surface area (Å²) in [5.41, 5.74) is 9.72.